The second kappa shape index (κ2) is 17.1. The number of nitrogens with zero attached hydrogens (tertiary/aromatic N) is 1. The van der Waals surface area contributed by atoms with Crippen molar-refractivity contribution < 1.29 is 19.5 Å². The summed E-state index contributed by atoms with van der Waals surface area (Å²) in [5, 5.41) is 13.2. The Kier molecular flexibility index (Phi) is 11.9. The number of carbonyl (C=O) groups excluding carboxylic acids is 2. The number of nitrogens with one attached hydrogen (secondary N) is 1. The lowest BCUT2D eigenvalue weighted by molar-refractivity contribution is -0.138. The van der Waals surface area contributed by atoms with Crippen LogP contribution in [0.1, 0.15) is 27.0 Å². The first-order valence-electron chi connectivity index (χ1n) is 16.8. The highest BCUT2D eigenvalue weighted by Gasteiger charge is 2.28. The molecule has 6 rings (SSSR count). The highest BCUT2D eigenvalue weighted by atomic mass is 35.5. The molecule has 8 heteroatoms. The zero-order chi connectivity index (χ0) is 36.5. The third-order valence-corrected chi connectivity index (χ3v) is 10.0. The molecular formula is C44H37ClN2O4S. The number of amides is 3. The van der Waals surface area contributed by atoms with Crippen molar-refractivity contribution in [3.8, 4) is 33.4 Å². The van der Waals surface area contributed by atoms with Crippen LogP contribution in [0, 0.1) is 6.92 Å². The number of imide groups is 1. The molecule has 3 amide bonds. The molecule has 0 saturated carbocycles. The van der Waals surface area contributed by atoms with Crippen LogP contribution < -0.4 is 5.32 Å². The van der Waals surface area contributed by atoms with Gasteiger partial charge in [-0.05, 0) is 81.8 Å². The van der Waals surface area contributed by atoms with Gasteiger partial charge in [-0.1, -0.05) is 138 Å². The predicted molar refractivity (Wildman–Crippen MR) is 211 cm³/mol. The van der Waals surface area contributed by atoms with Gasteiger partial charge in [0.1, 0.15) is 6.04 Å². The van der Waals surface area contributed by atoms with Gasteiger partial charge in [0.25, 0.3) is 5.91 Å². The zero-order valence-corrected chi connectivity index (χ0v) is 30.1. The Balaban J connectivity index is 1.22. The first kappa shape index (κ1) is 36.2. The third-order valence-electron chi connectivity index (χ3n) is 8.66. The molecule has 0 fully saturated rings. The standard InChI is InChI=1S/C44H37ClN2O4S/c1-30-14-16-31(17-15-30)27-47(44(51)46-41(43(49)50)29-52-28-32-8-3-2-4-9-32)42(48)35-20-18-33(19-21-35)36-10-7-11-37(26-36)40-13-6-5-12-39(40)34-22-24-38(45)25-23-34/h2-26,41H,27-29H2,1H3,(H,46,51)(H,49,50)/t41-/m0/s1. The second-order valence-electron chi connectivity index (χ2n) is 12.4. The van der Waals surface area contributed by atoms with E-state index >= 15 is 0 Å². The van der Waals surface area contributed by atoms with Crippen LogP contribution in [0.5, 0.6) is 0 Å². The van der Waals surface area contributed by atoms with Gasteiger partial charge in [0.2, 0.25) is 0 Å². The van der Waals surface area contributed by atoms with E-state index in [1.54, 1.807) is 12.1 Å². The summed E-state index contributed by atoms with van der Waals surface area (Å²) in [5.41, 5.74) is 9.28. The summed E-state index contributed by atoms with van der Waals surface area (Å²) >= 11 is 7.55. The summed E-state index contributed by atoms with van der Waals surface area (Å²) in [6.07, 6.45) is 0. The Morgan fingerprint density at radius 1 is 0.673 bits per heavy atom. The van der Waals surface area contributed by atoms with Crippen molar-refractivity contribution >= 4 is 41.3 Å². The molecule has 0 aliphatic rings. The molecule has 0 radical (unpaired) electrons. The number of halogens is 1. The van der Waals surface area contributed by atoms with E-state index in [-0.39, 0.29) is 12.3 Å². The van der Waals surface area contributed by atoms with E-state index < -0.39 is 23.9 Å². The van der Waals surface area contributed by atoms with E-state index in [1.165, 1.54) is 11.8 Å². The van der Waals surface area contributed by atoms with Crippen molar-refractivity contribution in [2.75, 3.05) is 5.75 Å². The fraction of sp³-hybridized carbons (Fsp3) is 0.114. The first-order chi connectivity index (χ1) is 25.2. The molecule has 1 atom stereocenters. The van der Waals surface area contributed by atoms with E-state index in [2.05, 4.69) is 29.6 Å². The van der Waals surface area contributed by atoms with Crippen LogP contribution >= 0.6 is 23.4 Å². The van der Waals surface area contributed by atoms with Crippen LogP contribution in [0.15, 0.2) is 152 Å². The summed E-state index contributed by atoms with van der Waals surface area (Å²) in [7, 11) is 0. The molecule has 52 heavy (non-hydrogen) atoms. The molecule has 2 N–H and O–H groups in total. The van der Waals surface area contributed by atoms with Crippen molar-refractivity contribution in [1.82, 2.24) is 10.2 Å². The number of urea groups is 1. The van der Waals surface area contributed by atoms with E-state index in [9.17, 15) is 19.5 Å². The molecule has 6 nitrogen and oxygen atoms in total. The van der Waals surface area contributed by atoms with Crippen LogP contribution in [0.2, 0.25) is 5.02 Å². The van der Waals surface area contributed by atoms with Gasteiger partial charge in [0.15, 0.2) is 0 Å². The minimum Gasteiger partial charge on any atom is -0.480 e. The smallest absolute Gasteiger partial charge is 0.327 e. The van der Waals surface area contributed by atoms with Crippen LogP contribution in [0.3, 0.4) is 0 Å². The van der Waals surface area contributed by atoms with Gasteiger partial charge >= 0.3 is 12.0 Å². The van der Waals surface area contributed by atoms with E-state index in [1.807, 2.05) is 122 Å². The number of hydrogen-bond donors (Lipinski definition) is 2. The minimum atomic E-state index is -1.19. The molecular weight excluding hydrogens is 688 g/mol. The fourth-order valence-electron chi connectivity index (χ4n) is 5.83. The summed E-state index contributed by atoms with van der Waals surface area (Å²) in [4.78, 5) is 41.0. The van der Waals surface area contributed by atoms with Crippen LogP contribution in [0.4, 0.5) is 4.79 Å². The van der Waals surface area contributed by atoms with Crippen molar-refractivity contribution in [3.05, 3.63) is 179 Å². The number of hydrogen-bond acceptors (Lipinski definition) is 4. The maximum Gasteiger partial charge on any atom is 0.327 e. The van der Waals surface area contributed by atoms with Gasteiger partial charge in [0, 0.05) is 22.1 Å². The molecule has 0 heterocycles. The Bertz CT molecular complexity index is 2160. The number of carboxylic acids is 1. The average molecular weight is 725 g/mol. The van der Waals surface area contributed by atoms with Gasteiger partial charge in [-0.2, -0.15) is 11.8 Å². The normalized spacial score (nSPS) is 11.4. The molecule has 0 bridgehead atoms. The molecule has 0 aliphatic heterocycles. The van der Waals surface area contributed by atoms with Gasteiger partial charge < -0.3 is 10.4 Å². The zero-order valence-electron chi connectivity index (χ0n) is 28.5. The molecule has 0 spiro atoms. The maximum absolute atomic E-state index is 14.0. The molecule has 260 valence electrons. The van der Waals surface area contributed by atoms with E-state index in [0.717, 1.165) is 55.0 Å². The number of carbonyl (C=O) groups is 3. The summed E-state index contributed by atoms with van der Waals surface area (Å²) in [6, 6.07) is 46.6. The van der Waals surface area contributed by atoms with Crippen molar-refractivity contribution in [3.63, 3.8) is 0 Å². The van der Waals surface area contributed by atoms with E-state index in [4.69, 9.17) is 11.6 Å². The molecule has 0 aliphatic carbocycles. The lowest BCUT2D eigenvalue weighted by atomic mass is 9.92. The van der Waals surface area contributed by atoms with Crippen LogP contribution in [0.25, 0.3) is 33.4 Å². The maximum atomic E-state index is 14.0. The Hall–Kier alpha value is -5.63. The molecule has 6 aromatic rings. The molecule has 0 unspecified atom stereocenters. The second-order valence-corrected chi connectivity index (χ2v) is 13.9. The summed E-state index contributed by atoms with van der Waals surface area (Å²) in [6.45, 7) is 1.94. The van der Waals surface area contributed by atoms with E-state index in [0.29, 0.717) is 16.3 Å². The van der Waals surface area contributed by atoms with Crippen LogP contribution in [-0.2, 0) is 17.1 Å². The Morgan fingerprint density at radius 2 is 1.29 bits per heavy atom. The van der Waals surface area contributed by atoms with Crippen molar-refractivity contribution in [2.24, 2.45) is 0 Å². The van der Waals surface area contributed by atoms with Gasteiger partial charge in [-0.25, -0.2) is 9.59 Å². The molecule has 0 aromatic heterocycles. The number of carboxylic acid groups (broad SMARTS) is 1. The lowest BCUT2D eigenvalue weighted by Crippen LogP contribution is -2.50. The molecule has 0 saturated heterocycles. The summed E-state index contributed by atoms with van der Waals surface area (Å²) in [5.74, 6) is -0.966. The van der Waals surface area contributed by atoms with Gasteiger partial charge in [-0.3, -0.25) is 9.69 Å². The molecule has 6 aromatic carbocycles. The number of benzene rings is 6. The minimum absolute atomic E-state index is 0.0226. The monoisotopic (exact) mass is 724 g/mol. The Labute approximate surface area is 313 Å². The Morgan fingerprint density at radius 3 is 1.96 bits per heavy atom. The first-order valence-corrected chi connectivity index (χ1v) is 18.4. The average Bonchev–Trinajstić information content (AvgIpc) is 3.18. The quantitative estimate of drug-likeness (QED) is 0.131. The largest absolute Gasteiger partial charge is 0.480 e. The van der Waals surface area contributed by atoms with Crippen molar-refractivity contribution in [2.45, 2.75) is 25.3 Å². The lowest BCUT2D eigenvalue weighted by Gasteiger charge is -2.24. The van der Waals surface area contributed by atoms with Crippen molar-refractivity contribution in [1.29, 1.82) is 0 Å². The number of thioether (sulfide) groups is 1. The topological polar surface area (TPSA) is 86.7 Å². The van der Waals surface area contributed by atoms with Crippen LogP contribution in [-0.4, -0.2) is 39.7 Å². The van der Waals surface area contributed by atoms with Gasteiger partial charge in [0.05, 0.1) is 6.54 Å². The number of aliphatic carboxylic acids is 1. The SMILES string of the molecule is Cc1ccc(CN(C(=O)N[C@@H](CSCc2ccccc2)C(=O)O)C(=O)c2ccc(-c3cccc(-c4ccccc4-c4ccc(Cl)cc4)c3)cc2)cc1. The van der Waals surface area contributed by atoms with Gasteiger partial charge in [-0.15, -0.1) is 0 Å². The fourth-order valence-corrected chi connectivity index (χ4v) is 6.96. The third kappa shape index (κ3) is 9.18. The highest BCUT2D eigenvalue weighted by molar-refractivity contribution is 7.98. The highest BCUT2D eigenvalue weighted by Crippen LogP contribution is 2.34. The number of rotatable bonds is 12. The predicted octanol–water partition coefficient (Wildman–Crippen LogP) is 10.4. The number of aryl methyl sites for hydroxylation is 1. The summed E-state index contributed by atoms with van der Waals surface area (Å²) < 4.78 is 0.